The highest BCUT2D eigenvalue weighted by Crippen LogP contribution is 2.36. The first-order valence-electron chi connectivity index (χ1n) is 9.69. The number of nitrogens with one attached hydrogen (secondary N) is 1. The third kappa shape index (κ3) is 3.15. The lowest BCUT2D eigenvalue weighted by molar-refractivity contribution is -0.119. The molecule has 2 aromatic heterocycles. The minimum absolute atomic E-state index is 0.0553. The summed E-state index contributed by atoms with van der Waals surface area (Å²) in [5.74, 6) is 1.88. The van der Waals surface area contributed by atoms with E-state index in [2.05, 4.69) is 21.6 Å². The maximum absolute atomic E-state index is 12.3. The van der Waals surface area contributed by atoms with Crippen LogP contribution < -0.4 is 14.8 Å². The monoisotopic (exact) mass is 398 g/mol. The molecule has 1 aromatic carbocycles. The number of nitrogens with zero attached hydrogens (tertiary/aromatic N) is 3. The standard InChI is InChI=1S/C20H22N4O3S/c1-12-8-13-9-16-17(27-7-6-26-16)10-15(13)24-19(12)22-23-20(24)28-11-18(25)21-14-4-2-3-5-14/h8-10,14H,2-7,11H2,1H3,(H,21,25). The fraction of sp³-hybridized carbons (Fsp3) is 0.450. The van der Waals surface area contributed by atoms with E-state index in [0.29, 0.717) is 30.2 Å². The zero-order valence-corrected chi connectivity index (χ0v) is 16.6. The average molecular weight is 398 g/mol. The number of benzene rings is 1. The van der Waals surface area contributed by atoms with Gasteiger partial charge in [-0.2, -0.15) is 0 Å². The summed E-state index contributed by atoms with van der Waals surface area (Å²) in [5, 5.41) is 13.6. The molecule has 0 spiro atoms. The molecular weight excluding hydrogens is 376 g/mol. The summed E-state index contributed by atoms with van der Waals surface area (Å²) in [6, 6.07) is 6.38. The van der Waals surface area contributed by atoms with Crippen molar-refractivity contribution in [3.63, 3.8) is 0 Å². The molecule has 2 aliphatic rings. The van der Waals surface area contributed by atoms with Crippen LogP contribution in [0.1, 0.15) is 31.2 Å². The minimum Gasteiger partial charge on any atom is -0.486 e. The number of aryl methyl sites for hydroxylation is 1. The Morgan fingerprint density at radius 1 is 1.18 bits per heavy atom. The first-order chi connectivity index (χ1) is 13.7. The Labute approximate surface area is 166 Å². The molecule has 0 saturated heterocycles. The van der Waals surface area contributed by atoms with Gasteiger partial charge < -0.3 is 14.8 Å². The summed E-state index contributed by atoms with van der Waals surface area (Å²) < 4.78 is 13.5. The first-order valence-corrected chi connectivity index (χ1v) is 10.7. The normalized spacial score (nSPS) is 16.8. The number of amides is 1. The maximum Gasteiger partial charge on any atom is 0.230 e. The SMILES string of the molecule is Cc1cc2cc3c(cc2n2c(SCC(=O)NC4CCCC4)nnc12)OCCO3. The van der Waals surface area contributed by atoms with E-state index in [1.54, 1.807) is 0 Å². The molecular formula is C20H22N4O3S. The molecule has 1 amide bonds. The Balaban J connectivity index is 1.47. The molecule has 8 heteroatoms. The fourth-order valence-corrected chi connectivity index (χ4v) is 4.76. The number of carbonyl (C=O) groups excluding carboxylic acids is 1. The van der Waals surface area contributed by atoms with Crippen molar-refractivity contribution in [2.24, 2.45) is 0 Å². The number of ether oxygens (including phenoxy) is 2. The predicted octanol–water partition coefficient (Wildman–Crippen LogP) is 3.11. The fourth-order valence-electron chi connectivity index (χ4n) is 4.01. The van der Waals surface area contributed by atoms with Gasteiger partial charge in [0.2, 0.25) is 5.91 Å². The molecule has 1 aliphatic heterocycles. The van der Waals surface area contributed by atoms with Crippen LogP contribution in [0.15, 0.2) is 23.4 Å². The Morgan fingerprint density at radius 2 is 1.93 bits per heavy atom. The number of hydrogen-bond donors (Lipinski definition) is 1. The van der Waals surface area contributed by atoms with Crippen LogP contribution in [0.3, 0.4) is 0 Å². The Hall–Kier alpha value is -2.48. The van der Waals surface area contributed by atoms with Crippen LogP contribution in [0.5, 0.6) is 11.5 Å². The molecule has 0 unspecified atom stereocenters. The third-order valence-corrected chi connectivity index (χ3v) is 6.27. The van der Waals surface area contributed by atoms with E-state index in [9.17, 15) is 4.79 Å². The van der Waals surface area contributed by atoms with Crippen LogP contribution in [0.4, 0.5) is 0 Å². The molecule has 0 radical (unpaired) electrons. The van der Waals surface area contributed by atoms with Crippen molar-refractivity contribution in [1.29, 1.82) is 0 Å². The van der Waals surface area contributed by atoms with E-state index in [1.807, 2.05) is 23.5 Å². The van der Waals surface area contributed by atoms with Crippen molar-refractivity contribution in [2.45, 2.75) is 43.8 Å². The number of rotatable bonds is 4. The molecule has 5 rings (SSSR count). The van der Waals surface area contributed by atoms with Crippen LogP contribution in [0.2, 0.25) is 0 Å². The number of fused-ring (bicyclic) bond motifs is 4. The Morgan fingerprint density at radius 3 is 2.71 bits per heavy atom. The minimum atomic E-state index is 0.0553. The molecule has 0 bridgehead atoms. The summed E-state index contributed by atoms with van der Waals surface area (Å²) >= 11 is 1.41. The molecule has 3 heterocycles. The summed E-state index contributed by atoms with van der Waals surface area (Å²) in [7, 11) is 0. The molecule has 28 heavy (non-hydrogen) atoms. The van der Waals surface area contributed by atoms with Crippen molar-refractivity contribution in [1.82, 2.24) is 19.9 Å². The summed E-state index contributed by atoms with van der Waals surface area (Å²) in [6.45, 7) is 3.11. The van der Waals surface area contributed by atoms with Gasteiger partial charge in [0.1, 0.15) is 13.2 Å². The number of pyridine rings is 1. The molecule has 1 aliphatic carbocycles. The Bertz CT molecular complexity index is 1060. The average Bonchev–Trinajstić information content (AvgIpc) is 3.35. The highest BCUT2D eigenvalue weighted by molar-refractivity contribution is 7.99. The quantitative estimate of drug-likeness (QED) is 0.681. The summed E-state index contributed by atoms with van der Waals surface area (Å²) in [4.78, 5) is 12.3. The maximum atomic E-state index is 12.3. The van der Waals surface area contributed by atoms with Gasteiger partial charge in [-0.05, 0) is 37.5 Å². The highest BCUT2D eigenvalue weighted by Gasteiger charge is 2.20. The summed E-state index contributed by atoms with van der Waals surface area (Å²) in [6.07, 6.45) is 4.57. The van der Waals surface area contributed by atoms with Crippen molar-refractivity contribution in [3.05, 3.63) is 23.8 Å². The van der Waals surface area contributed by atoms with Crippen molar-refractivity contribution in [2.75, 3.05) is 19.0 Å². The first kappa shape index (κ1) is 17.6. The number of carbonyl (C=O) groups is 1. The van der Waals surface area contributed by atoms with Crippen LogP contribution in [-0.2, 0) is 4.79 Å². The van der Waals surface area contributed by atoms with Crippen LogP contribution in [0.25, 0.3) is 16.6 Å². The molecule has 1 fully saturated rings. The predicted molar refractivity (Wildman–Crippen MR) is 107 cm³/mol. The van der Waals surface area contributed by atoms with Crippen LogP contribution in [-0.4, -0.2) is 45.5 Å². The van der Waals surface area contributed by atoms with E-state index in [0.717, 1.165) is 46.5 Å². The van der Waals surface area contributed by atoms with Crippen molar-refractivity contribution < 1.29 is 14.3 Å². The molecule has 0 atom stereocenters. The smallest absolute Gasteiger partial charge is 0.230 e. The summed E-state index contributed by atoms with van der Waals surface area (Å²) in [5.41, 5.74) is 2.77. The zero-order chi connectivity index (χ0) is 19.1. The van der Waals surface area contributed by atoms with Crippen molar-refractivity contribution in [3.8, 4) is 11.5 Å². The lowest BCUT2D eigenvalue weighted by Crippen LogP contribution is -2.33. The van der Waals surface area contributed by atoms with Gasteiger partial charge in [0.15, 0.2) is 22.3 Å². The number of hydrogen-bond acceptors (Lipinski definition) is 6. The second-order valence-corrected chi connectivity index (χ2v) is 8.30. The molecule has 1 saturated carbocycles. The van der Waals surface area contributed by atoms with Crippen molar-refractivity contribution >= 4 is 34.2 Å². The van der Waals surface area contributed by atoms with E-state index < -0.39 is 0 Å². The van der Waals surface area contributed by atoms with E-state index in [-0.39, 0.29) is 5.91 Å². The van der Waals surface area contributed by atoms with E-state index in [1.165, 1.54) is 24.6 Å². The van der Waals surface area contributed by atoms with Gasteiger partial charge in [0, 0.05) is 17.5 Å². The zero-order valence-electron chi connectivity index (χ0n) is 15.7. The Kier molecular flexibility index (Phi) is 4.50. The highest BCUT2D eigenvalue weighted by atomic mass is 32.2. The largest absolute Gasteiger partial charge is 0.486 e. The third-order valence-electron chi connectivity index (χ3n) is 5.34. The van der Waals surface area contributed by atoms with Crippen LogP contribution in [0, 0.1) is 6.92 Å². The molecule has 3 aromatic rings. The van der Waals surface area contributed by atoms with Gasteiger partial charge in [-0.15, -0.1) is 10.2 Å². The second kappa shape index (κ2) is 7.16. The molecule has 1 N–H and O–H groups in total. The van der Waals surface area contributed by atoms with Gasteiger partial charge in [0.25, 0.3) is 0 Å². The van der Waals surface area contributed by atoms with E-state index >= 15 is 0 Å². The van der Waals surface area contributed by atoms with Crippen LogP contribution >= 0.6 is 11.8 Å². The lowest BCUT2D eigenvalue weighted by Gasteiger charge is -2.19. The molecule has 7 nitrogen and oxygen atoms in total. The second-order valence-electron chi connectivity index (χ2n) is 7.36. The lowest BCUT2D eigenvalue weighted by atomic mass is 10.1. The van der Waals surface area contributed by atoms with Gasteiger partial charge in [-0.1, -0.05) is 24.6 Å². The number of thioether (sulfide) groups is 1. The van der Waals surface area contributed by atoms with Gasteiger partial charge in [-0.25, -0.2) is 0 Å². The topological polar surface area (TPSA) is 77.8 Å². The van der Waals surface area contributed by atoms with Gasteiger partial charge in [0.05, 0.1) is 11.3 Å². The molecule has 146 valence electrons. The number of aromatic nitrogens is 3. The van der Waals surface area contributed by atoms with Gasteiger partial charge in [-0.3, -0.25) is 9.20 Å². The van der Waals surface area contributed by atoms with Gasteiger partial charge >= 0.3 is 0 Å². The van der Waals surface area contributed by atoms with E-state index in [4.69, 9.17) is 9.47 Å².